The van der Waals surface area contributed by atoms with E-state index >= 15 is 0 Å². The number of non-ortho nitro benzene ring substituents is 1. The van der Waals surface area contributed by atoms with Crippen LogP contribution in [-0.2, 0) is 10.0 Å². The van der Waals surface area contributed by atoms with Crippen LogP contribution < -0.4 is 0 Å². The lowest BCUT2D eigenvalue weighted by atomic mass is 10.2. The van der Waals surface area contributed by atoms with Gasteiger partial charge in [-0.2, -0.15) is 4.31 Å². The standard InChI is InChI=1S/C16H17N3O4S/c1-12(16-4-2-3-11-17-16)18(13-5-6-13)24(22,23)15-9-7-14(8-10-15)19(20)21/h2-4,7-13H,5-6H2,1H3/t12-/m0/s1. The number of nitro benzene ring substituents is 1. The largest absolute Gasteiger partial charge is 0.269 e. The van der Waals surface area contributed by atoms with Gasteiger partial charge in [0.15, 0.2) is 0 Å². The molecule has 1 atom stereocenters. The first-order valence-corrected chi connectivity index (χ1v) is 9.04. The summed E-state index contributed by atoms with van der Waals surface area (Å²) in [5, 5.41) is 10.7. The zero-order valence-electron chi connectivity index (χ0n) is 13.1. The van der Waals surface area contributed by atoms with Crippen molar-refractivity contribution in [3.63, 3.8) is 0 Å². The van der Waals surface area contributed by atoms with E-state index in [2.05, 4.69) is 4.98 Å². The van der Waals surface area contributed by atoms with Gasteiger partial charge in [0.05, 0.1) is 21.6 Å². The molecule has 2 aromatic rings. The maximum Gasteiger partial charge on any atom is 0.269 e. The van der Waals surface area contributed by atoms with Gasteiger partial charge in [0.1, 0.15) is 0 Å². The minimum Gasteiger partial charge on any atom is -0.260 e. The molecule has 126 valence electrons. The molecule has 0 spiro atoms. The van der Waals surface area contributed by atoms with E-state index in [-0.39, 0.29) is 16.6 Å². The molecule has 8 heteroatoms. The van der Waals surface area contributed by atoms with E-state index in [4.69, 9.17) is 0 Å². The molecular formula is C16H17N3O4S. The molecule has 0 unspecified atom stereocenters. The molecule has 24 heavy (non-hydrogen) atoms. The van der Waals surface area contributed by atoms with Crippen molar-refractivity contribution < 1.29 is 13.3 Å². The molecule has 0 aliphatic heterocycles. The van der Waals surface area contributed by atoms with Crippen molar-refractivity contribution in [3.05, 3.63) is 64.5 Å². The zero-order chi connectivity index (χ0) is 17.3. The molecule has 1 saturated carbocycles. The second-order valence-corrected chi connectivity index (χ2v) is 7.59. The van der Waals surface area contributed by atoms with Crippen molar-refractivity contribution >= 4 is 15.7 Å². The Kier molecular flexibility index (Phi) is 4.33. The number of hydrogen-bond donors (Lipinski definition) is 0. The maximum atomic E-state index is 13.0. The third-order valence-electron chi connectivity index (χ3n) is 4.03. The number of benzene rings is 1. The highest BCUT2D eigenvalue weighted by Gasteiger charge is 2.42. The Labute approximate surface area is 140 Å². The fourth-order valence-electron chi connectivity index (χ4n) is 2.66. The molecule has 1 heterocycles. The number of aromatic nitrogens is 1. The molecule has 1 aromatic carbocycles. The van der Waals surface area contributed by atoms with Crippen molar-refractivity contribution in [2.75, 3.05) is 0 Å². The van der Waals surface area contributed by atoms with Crippen LogP contribution in [0.4, 0.5) is 5.69 Å². The maximum absolute atomic E-state index is 13.0. The smallest absolute Gasteiger partial charge is 0.260 e. The SMILES string of the molecule is C[C@@H](c1ccccn1)N(C1CC1)S(=O)(=O)c1ccc([N+](=O)[O-])cc1. The van der Waals surface area contributed by atoms with Crippen LogP contribution in [0.3, 0.4) is 0 Å². The van der Waals surface area contributed by atoms with Gasteiger partial charge >= 0.3 is 0 Å². The Balaban J connectivity index is 1.96. The average Bonchev–Trinajstić information content (AvgIpc) is 3.40. The Bertz CT molecular complexity index is 833. The molecule has 0 bridgehead atoms. The van der Waals surface area contributed by atoms with Gasteiger partial charge in [-0.1, -0.05) is 6.07 Å². The topological polar surface area (TPSA) is 93.4 Å². The van der Waals surface area contributed by atoms with Crippen LogP contribution in [0, 0.1) is 10.1 Å². The van der Waals surface area contributed by atoms with Crippen LogP contribution in [0.5, 0.6) is 0 Å². The summed E-state index contributed by atoms with van der Waals surface area (Å²) >= 11 is 0. The molecule has 1 aliphatic rings. The normalized spacial score (nSPS) is 16.1. The van der Waals surface area contributed by atoms with E-state index in [1.54, 1.807) is 18.3 Å². The lowest BCUT2D eigenvalue weighted by Crippen LogP contribution is -2.35. The molecule has 1 aliphatic carbocycles. The highest BCUT2D eigenvalue weighted by Crippen LogP contribution is 2.38. The average molecular weight is 347 g/mol. The Morgan fingerprint density at radius 3 is 2.38 bits per heavy atom. The van der Waals surface area contributed by atoms with E-state index < -0.39 is 21.0 Å². The van der Waals surface area contributed by atoms with Gasteiger partial charge in [0, 0.05) is 24.4 Å². The summed E-state index contributed by atoms with van der Waals surface area (Å²) in [6.45, 7) is 1.81. The summed E-state index contributed by atoms with van der Waals surface area (Å²) in [5.74, 6) is 0. The van der Waals surface area contributed by atoms with Gasteiger partial charge in [-0.25, -0.2) is 8.42 Å². The lowest BCUT2D eigenvalue weighted by molar-refractivity contribution is -0.384. The van der Waals surface area contributed by atoms with Gasteiger partial charge in [-0.15, -0.1) is 0 Å². The molecule has 0 radical (unpaired) electrons. The number of nitro groups is 1. The first-order chi connectivity index (χ1) is 11.4. The predicted molar refractivity (Wildman–Crippen MR) is 87.8 cm³/mol. The van der Waals surface area contributed by atoms with Crippen LogP contribution in [0.1, 0.15) is 31.5 Å². The summed E-state index contributed by atoms with van der Waals surface area (Å²) in [4.78, 5) is 14.5. The number of nitrogens with zero attached hydrogens (tertiary/aromatic N) is 3. The van der Waals surface area contributed by atoms with Crippen molar-refractivity contribution in [2.24, 2.45) is 0 Å². The molecule has 7 nitrogen and oxygen atoms in total. The van der Waals surface area contributed by atoms with Crippen LogP contribution in [0.25, 0.3) is 0 Å². The third-order valence-corrected chi connectivity index (χ3v) is 6.06. The highest BCUT2D eigenvalue weighted by atomic mass is 32.2. The van der Waals surface area contributed by atoms with Crippen LogP contribution in [0.2, 0.25) is 0 Å². The number of sulfonamides is 1. The molecule has 3 rings (SSSR count). The molecule has 0 saturated heterocycles. The summed E-state index contributed by atoms with van der Waals surface area (Å²) in [5.41, 5.74) is 0.541. The highest BCUT2D eigenvalue weighted by molar-refractivity contribution is 7.89. The van der Waals surface area contributed by atoms with Crippen LogP contribution >= 0.6 is 0 Å². The van der Waals surface area contributed by atoms with Crippen molar-refractivity contribution in [1.82, 2.24) is 9.29 Å². The predicted octanol–water partition coefficient (Wildman–Crippen LogP) is 2.90. The van der Waals surface area contributed by atoms with Gasteiger partial charge in [0.2, 0.25) is 10.0 Å². The van der Waals surface area contributed by atoms with Gasteiger partial charge < -0.3 is 0 Å². The van der Waals surface area contributed by atoms with Crippen molar-refractivity contribution in [2.45, 2.75) is 36.7 Å². The van der Waals surface area contributed by atoms with Crippen LogP contribution in [0.15, 0.2) is 53.6 Å². The Morgan fingerprint density at radius 1 is 1.21 bits per heavy atom. The summed E-state index contributed by atoms with van der Waals surface area (Å²) in [7, 11) is -3.76. The Morgan fingerprint density at radius 2 is 1.88 bits per heavy atom. The molecular weight excluding hydrogens is 330 g/mol. The van der Waals surface area contributed by atoms with Gasteiger partial charge in [0.25, 0.3) is 5.69 Å². The van der Waals surface area contributed by atoms with E-state index in [1.165, 1.54) is 28.6 Å². The minimum atomic E-state index is -3.76. The molecule has 1 aromatic heterocycles. The summed E-state index contributed by atoms with van der Waals surface area (Å²) in [6, 6.07) is 9.94. The Hall–Kier alpha value is -2.32. The van der Waals surface area contributed by atoms with Crippen molar-refractivity contribution in [1.29, 1.82) is 0 Å². The molecule has 0 amide bonds. The van der Waals surface area contributed by atoms with E-state index in [0.717, 1.165) is 12.8 Å². The number of pyridine rings is 1. The van der Waals surface area contributed by atoms with Gasteiger partial charge in [-0.3, -0.25) is 15.1 Å². The monoisotopic (exact) mass is 347 g/mol. The first-order valence-electron chi connectivity index (χ1n) is 7.60. The van der Waals surface area contributed by atoms with Crippen molar-refractivity contribution in [3.8, 4) is 0 Å². The second kappa shape index (κ2) is 6.29. The van der Waals surface area contributed by atoms with E-state index in [0.29, 0.717) is 5.69 Å². The number of hydrogen-bond acceptors (Lipinski definition) is 5. The zero-order valence-corrected chi connectivity index (χ0v) is 13.9. The number of rotatable bonds is 6. The third kappa shape index (κ3) is 3.15. The quantitative estimate of drug-likeness (QED) is 0.591. The van der Waals surface area contributed by atoms with E-state index in [1.807, 2.05) is 13.0 Å². The van der Waals surface area contributed by atoms with Crippen LogP contribution in [-0.4, -0.2) is 28.7 Å². The molecule has 1 fully saturated rings. The summed E-state index contributed by atoms with van der Waals surface area (Å²) < 4.78 is 27.5. The fraction of sp³-hybridized carbons (Fsp3) is 0.312. The molecule has 0 N–H and O–H groups in total. The fourth-order valence-corrected chi connectivity index (χ4v) is 4.52. The first kappa shape index (κ1) is 16.5. The lowest BCUT2D eigenvalue weighted by Gasteiger charge is -2.28. The van der Waals surface area contributed by atoms with Gasteiger partial charge in [-0.05, 0) is 44.0 Å². The second-order valence-electron chi connectivity index (χ2n) is 5.75. The summed E-state index contributed by atoms with van der Waals surface area (Å²) in [6.07, 6.45) is 3.25. The van der Waals surface area contributed by atoms with E-state index in [9.17, 15) is 18.5 Å². The minimum absolute atomic E-state index is 0.0535.